The first-order valence-electron chi connectivity index (χ1n) is 9.44. The van der Waals surface area contributed by atoms with Gasteiger partial charge < -0.3 is 14.9 Å². The number of aliphatic carboxylic acids is 1. The second kappa shape index (κ2) is 10.0. The number of amides is 1. The van der Waals surface area contributed by atoms with Crippen molar-refractivity contribution in [1.29, 1.82) is 0 Å². The second-order valence-electron chi connectivity index (χ2n) is 6.95. The molecule has 30 heavy (non-hydrogen) atoms. The summed E-state index contributed by atoms with van der Waals surface area (Å²) in [4.78, 5) is 30.7. The maximum Gasteiger partial charge on any atom is 0.323 e. The van der Waals surface area contributed by atoms with Crippen LogP contribution in [0.1, 0.15) is 12.8 Å². The summed E-state index contributed by atoms with van der Waals surface area (Å²) >= 11 is 6.01. The van der Waals surface area contributed by atoms with E-state index in [0.29, 0.717) is 40.9 Å². The smallest absolute Gasteiger partial charge is 0.323 e. The van der Waals surface area contributed by atoms with Crippen LogP contribution in [-0.4, -0.2) is 63.7 Å². The van der Waals surface area contributed by atoms with Crippen molar-refractivity contribution >= 4 is 46.5 Å². The van der Waals surface area contributed by atoms with Crippen molar-refractivity contribution in [2.24, 2.45) is 0 Å². The minimum absolute atomic E-state index is 0.115. The zero-order valence-corrected chi connectivity index (χ0v) is 18.1. The lowest BCUT2D eigenvalue weighted by molar-refractivity contribution is -0.136. The molecule has 1 aromatic carbocycles. The third-order valence-electron chi connectivity index (χ3n) is 5.05. The molecule has 160 valence electrons. The standard InChI is InChI=1S/C20H23ClN4O4S/c1-23(20-18(6-3-9-22-20)24(14-26)13-19(27)28)16-7-10-25(11-8-16)30(29)17-5-2-4-15(21)12-17/h2-6,9,12,14,16H,7-8,10-11,13H2,1H3,(H,27,28). The summed E-state index contributed by atoms with van der Waals surface area (Å²) in [5.41, 5.74) is 0.447. The van der Waals surface area contributed by atoms with E-state index in [0.717, 1.165) is 17.7 Å². The third-order valence-corrected chi connectivity index (χ3v) is 6.77. The molecule has 1 aliphatic rings. The number of nitrogens with zero attached hydrogens (tertiary/aromatic N) is 4. The Morgan fingerprint density at radius 2 is 2.07 bits per heavy atom. The van der Waals surface area contributed by atoms with Gasteiger partial charge in [0, 0.05) is 37.4 Å². The van der Waals surface area contributed by atoms with Crippen LogP contribution in [0.3, 0.4) is 0 Å². The largest absolute Gasteiger partial charge is 0.480 e. The predicted octanol–water partition coefficient (Wildman–Crippen LogP) is 2.41. The first-order chi connectivity index (χ1) is 14.4. The van der Waals surface area contributed by atoms with Crippen LogP contribution in [-0.2, 0) is 20.6 Å². The van der Waals surface area contributed by atoms with Gasteiger partial charge in [-0.1, -0.05) is 17.7 Å². The van der Waals surface area contributed by atoms with Crippen molar-refractivity contribution < 1.29 is 18.9 Å². The quantitative estimate of drug-likeness (QED) is 0.621. The average molecular weight is 451 g/mol. The molecule has 1 fully saturated rings. The Morgan fingerprint density at radius 3 is 2.70 bits per heavy atom. The molecule has 1 aromatic heterocycles. The molecular weight excluding hydrogens is 428 g/mol. The van der Waals surface area contributed by atoms with E-state index in [-0.39, 0.29) is 6.04 Å². The van der Waals surface area contributed by atoms with Crippen molar-refractivity contribution in [2.75, 3.05) is 36.5 Å². The van der Waals surface area contributed by atoms with Gasteiger partial charge in [-0.15, -0.1) is 0 Å². The second-order valence-corrected chi connectivity index (χ2v) is 8.87. The molecule has 3 rings (SSSR count). The SMILES string of the molecule is CN(c1ncccc1N(C=O)CC(=O)O)C1CCN(S(=O)c2cccc(Cl)c2)CC1. The topological polar surface area (TPSA) is 94.1 Å². The number of hydrogen-bond donors (Lipinski definition) is 1. The number of halogens is 1. The fourth-order valence-electron chi connectivity index (χ4n) is 3.50. The van der Waals surface area contributed by atoms with Crippen molar-refractivity contribution in [3.05, 3.63) is 47.6 Å². The highest BCUT2D eigenvalue weighted by atomic mass is 35.5. The molecule has 0 radical (unpaired) electrons. The van der Waals surface area contributed by atoms with Gasteiger partial charge in [0.1, 0.15) is 17.5 Å². The summed E-state index contributed by atoms with van der Waals surface area (Å²) in [6, 6.07) is 10.5. The Kier molecular flexibility index (Phi) is 7.41. The van der Waals surface area contributed by atoms with Crippen LogP contribution in [0.5, 0.6) is 0 Å². The van der Waals surface area contributed by atoms with E-state index in [1.165, 1.54) is 0 Å². The highest BCUT2D eigenvalue weighted by molar-refractivity contribution is 7.82. The van der Waals surface area contributed by atoms with Crippen molar-refractivity contribution in [3.8, 4) is 0 Å². The van der Waals surface area contributed by atoms with E-state index in [2.05, 4.69) is 4.98 Å². The van der Waals surface area contributed by atoms with Gasteiger partial charge in [-0.2, -0.15) is 0 Å². The number of carboxylic acids is 1. The molecule has 0 saturated carbocycles. The minimum Gasteiger partial charge on any atom is -0.480 e. The fraction of sp³-hybridized carbons (Fsp3) is 0.350. The zero-order valence-electron chi connectivity index (χ0n) is 16.5. The van der Waals surface area contributed by atoms with Crippen molar-refractivity contribution in [3.63, 3.8) is 0 Å². The van der Waals surface area contributed by atoms with Crippen LogP contribution in [0, 0.1) is 0 Å². The van der Waals surface area contributed by atoms with E-state index in [4.69, 9.17) is 16.7 Å². The Balaban J connectivity index is 1.70. The number of hydrogen-bond acceptors (Lipinski definition) is 5. The zero-order chi connectivity index (χ0) is 21.7. The Morgan fingerprint density at radius 1 is 1.33 bits per heavy atom. The molecule has 1 unspecified atom stereocenters. The van der Waals surface area contributed by atoms with Gasteiger partial charge in [0.05, 0.1) is 10.6 Å². The molecule has 1 atom stereocenters. The van der Waals surface area contributed by atoms with Crippen molar-refractivity contribution in [2.45, 2.75) is 23.8 Å². The number of carbonyl (C=O) groups excluding carboxylic acids is 1. The number of carbonyl (C=O) groups is 2. The van der Waals surface area contributed by atoms with E-state index in [9.17, 15) is 13.8 Å². The Bertz CT molecular complexity index is 937. The highest BCUT2D eigenvalue weighted by Crippen LogP contribution is 2.30. The van der Waals surface area contributed by atoms with Crippen LogP contribution in [0.2, 0.25) is 5.02 Å². The number of anilines is 2. The van der Waals surface area contributed by atoms with Crippen LogP contribution >= 0.6 is 11.6 Å². The van der Waals surface area contributed by atoms with Crippen LogP contribution in [0.25, 0.3) is 0 Å². The van der Waals surface area contributed by atoms with Gasteiger partial charge in [0.25, 0.3) is 0 Å². The minimum atomic E-state index is -1.28. The number of aromatic nitrogens is 1. The van der Waals surface area contributed by atoms with Gasteiger partial charge in [0.15, 0.2) is 5.82 Å². The summed E-state index contributed by atoms with van der Waals surface area (Å²) < 4.78 is 14.7. The average Bonchev–Trinajstić information content (AvgIpc) is 2.76. The number of carboxylic acid groups (broad SMARTS) is 1. The monoisotopic (exact) mass is 450 g/mol. The molecule has 1 N–H and O–H groups in total. The van der Waals surface area contributed by atoms with Gasteiger partial charge in [-0.05, 0) is 43.2 Å². The van der Waals surface area contributed by atoms with Gasteiger partial charge >= 0.3 is 5.97 Å². The van der Waals surface area contributed by atoms with Gasteiger partial charge in [-0.25, -0.2) is 13.5 Å². The molecule has 0 bridgehead atoms. The summed E-state index contributed by atoms with van der Waals surface area (Å²) in [7, 11) is 0.601. The Labute approximate surface area is 182 Å². The predicted molar refractivity (Wildman–Crippen MR) is 116 cm³/mol. The molecule has 0 spiro atoms. The molecule has 1 saturated heterocycles. The molecule has 1 aliphatic heterocycles. The molecular formula is C20H23ClN4O4S. The third kappa shape index (κ3) is 5.16. The van der Waals surface area contributed by atoms with Gasteiger partial charge in [0.2, 0.25) is 6.41 Å². The maximum atomic E-state index is 12.8. The van der Waals surface area contributed by atoms with E-state index in [1.807, 2.05) is 16.3 Å². The number of rotatable bonds is 8. The lowest BCUT2D eigenvalue weighted by Gasteiger charge is -2.37. The summed E-state index contributed by atoms with van der Waals surface area (Å²) in [6.07, 6.45) is 3.61. The van der Waals surface area contributed by atoms with E-state index in [1.54, 1.807) is 42.6 Å². The number of benzene rings is 1. The molecule has 8 nitrogen and oxygen atoms in total. The maximum absolute atomic E-state index is 12.8. The lowest BCUT2D eigenvalue weighted by atomic mass is 10.1. The van der Waals surface area contributed by atoms with Crippen LogP contribution < -0.4 is 9.80 Å². The molecule has 2 aromatic rings. The Hall–Kier alpha value is -2.49. The summed E-state index contributed by atoms with van der Waals surface area (Å²) in [5.74, 6) is -0.559. The van der Waals surface area contributed by atoms with Crippen LogP contribution in [0.4, 0.5) is 11.5 Å². The molecule has 1 amide bonds. The van der Waals surface area contributed by atoms with E-state index < -0.39 is 23.5 Å². The number of piperidine rings is 1. The molecule has 0 aliphatic carbocycles. The molecule has 10 heteroatoms. The fourth-order valence-corrected chi connectivity index (χ4v) is 5.02. The van der Waals surface area contributed by atoms with E-state index >= 15 is 0 Å². The first kappa shape index (κ1) is 22.2. The molecule has 2 heterocycles. The summed E-state index contributed by atoms with van der Waals surface area (Å²) in [5, 5.41) is 9.62. The van der Waals surface area contributed by atoms with Crippen LogP contribution in [0.15, 0.2) is 47.5 Å². The lowest BCUT2D eigenvalue weighted by Crippen LogP contribution is -2.44. The van der Waals surface area contributed by atoms with Crippen molar-refractivity contribution in [1.82, 2.24) is 9.29 Å². The van der Waals surface area contributed by atoms with Gasteiger partial charge in [-0.3, -0.25) is 9.59 Å². The number of pyridine rings is 1. The normalized spacial score (nSPS) is 16.1. The first-order valence-corrected chi connectivity index (χ1v) is 10.9. The highest BCUT2D eigenvalue weighted by Gasteiger charge is 2.28. The summed E-state index contributed by atoms with van der Waals surface area (Å²) in [6.45, 7) is 0.818.